The first-order valence-corrected chi connectivity index (χ1v) is 6.17. The second kappa shape index (κ2) is 6.54. The number of nitrogens with one attached hydrogen (secondary N) is 1. The van der Waals surface area contributed by atoms with E-state index in [0.717, 1.165) is 18.7 Å². The van der Waals surface area contributed by atoms with Crippen LogP contribution < -0.4 is 10.1 Å². The van der Waals surface area contributed by atoms with Gasteiger partial charge in [-0.2, -0.15) is 0 Å². The summed E-state index contributed by atoms with van der Waals surface area (Å²) in [5.41, 5.74) is 1.31. The molecule has 0 spiro atoms. The number of rotatable bonds is 6. The maximum Gasteiger partial charge on any atom is 0.120 e. The lowest BCUT2D eigenvalue weighted by atomic mass is 10.0. The quantitative estimate of drug-likeness (QED) is 0.793. The maximum absolute atomic E-state index is 5.70. The fourth-order valence-corrected chi connectivity index (χ4v) is 1.82. The van der Waals surface area contributed by atoms with E-state index in [0.29, 0.717) is 6.04 Å². The van der Waals surface area contributed by atoms with E-state index in [2.05, 4.69) is 37.4 Å². The van der Waals surface area contributed by atoms with Crippen LogP contribution in [0.25, 0.3) is 0 Å². The van der Waals surface area contributed by atoms with Crippen molar-refractivity contribution in [3.8, 4) is 5.75 Å². The van der Waals surface area contributed by atoms with Gasteiger partial charge in [-0.05, 0) is 44.5 Å². The highest BCUT2D eigenvalue weighted by atomic mass is 16.5. The van der Waals surface area contributed by atoms with Gasteiger partial charge in [0.05, 0.1) is 6.10 Å². The summed E-state index contributed by atoms with van der Waals surface area (Å²) in [6.07, 6.45) is 1.33. The van der Waals surface area contributed by atoms with Crippen LogP contribution in [-0.4, -0.2) is 12.6 Å². The molecule has 1 atom stereocenters. The van der Waals surface area contributed by atoms with E-state index in [-0.39, 0.29) is 6.10 Å². The molecule has 90 valence electrons. The van der Waals surface area contributed by atoms with Gasteiger partial charge < -0.3 is 10.1 Å². The summed E-state index contributed by atoms with van der Waals surface area (Å²) in [7, 11) is 0. The number of hydrogen-bond acceptors (Lipinski definition) is 2. The molecule has 2 heteroatoms. The SMILES string of the molecule is CCNC(CC)c1cccc(OC(C)C)c1. The molecule has 1 unspecified atom stereocenters. The zero-order valence-electron chi connectivity index (χ0n) is 10.8. The van der Waals surface area contributed by atoms with Crippen LogP contribution in [0.1, 0.15) is 45.7 Å². The Labute approximate surface area is 99.0 Å². The molecular weight excluding hydrogens is 198 g/mol. The third kappa shape index (κ3) is 3.86. The average molecular weight is 221 g/mol. The molecule has 0 aliphatic heterocycles. The van der Waals surface area contributed by atoms with Crippen molar-refractivity contribution in [3.05, 3.63) is 29.8 Å². The zero-order valence-corrected chi connectivity index (χ0v) is 10.8. The highest BCUT2D eigenvalue weighted by Gasteiger charge is 2.08. The molecule has 0 amide bonds. The van der Waals surface area contributed by atoms with Crippen molar-refractivity contribution < 1.29 is 4.74 Å². The van der Waals surface area contributed by atoms with Gasteiger partial charge in [-0.3, -0.25) is 0 Å². The Bertz CT molecular complexity index is 309. The first kappa shape index (κ1) is 13.0. The van der Waals surface area contributed by atoms with Gasteiger partial charge in [-0.1, -0.05) is 26.0 Å². The van der Waals surface area contributed by atoms with Crippen molar-refractivity contribution in [2.75, 3.05) is 6.54 Å². The van der Waals surface area contributed by atoms with Crippen LogP contribution in [0.15, 0.2) is 24.3 Å². The predicted octanol–water partition coefficient (Wildman–Crippen LogP) is 3.53. The normalized spacial score (nSPS) is 12.8. The molecule has 0 bridgehead atoms. The van der Waals surface area contributed by atoms with E-state index in [9.17, 15) is 0 Å². The maximum atomic E-state index is 5.70. The van der Waals surface area contributed by atoms with Crippen molar-refractivity contribution in [1.82, 2.24) is 5.32 Å². The smallest absolute Gasteiger partial charge is 0.120 e. The number of ether oxygens (including phenoxy) is 1. The summed E-state index contributed by atoms with van der Waals surface area (Å²) >= 11 is 0. The van der Waals surface area contributed by atoms with Gasteiger partial charge >= 0.3 is 0 Å². The molecule has 0 heterocycles. The summed E-state index contributed by atoms with van der Waals surface area (Å²) in [6.45, 7) is 9.43. The average Bonchev–Trinajstić information content (AvgIpc) is 2.25. The third-order valence-electron chi connectivity index (χ3n) is 2.49. The van der Waals surface area contributed by atoms with Gasteiger partial charge in [-0.25, -0.2) is 0 Å². The molecule has 2 nitrogen and oxygen atoms in total. The van der Waals surface area contributed by atoms with Crippen LogP contribution in [0.3, 0.4) is 0 Å². The molecular formula is C14H23NO. The summed E-state index contributed by atoms with van der Waals surface area (Å²) in [5.74, 6) is 0.962. The Kier molecular flexibility index (Phi) is 5.33. The van der Waals surface area contributed by atoms with E-state index >= 15 is 0 Å². The Balaban J connectivity index is 2.79. The van der Waals surface area contributed by atoms with Crippen LogP contribution in [0.5, 0.6) is 5.75 Å². The van der Waals surface area contributed by atoms with Crippen molar-refractivity contribution in [2.24, 2.45) is 0 Å². The van der Waals surface area contributed by atoms with Gasteiger partial charge in [0.15, 0.2) is 0 Å². The van der Waals surface area contributed by atoms with Gasteiger partial charge in [0.1, 0.15) is 5.75 Å². The molecule has 1 rings (SSSR count). The van der Waals surface area contributed by atoms with Gasteiger partial charge in [0.2, 0.25) is 0 Å². The summed E-state index contributed by atoms with van der Waals surface area (Å²) in [5, 5.41) is 3.47. The van der Waals surface area contributed by atoms with E-state index in [1.165, 1.54) is 5.56 Å². The third-order valence-corrected chi connectivity index (χ3v) is 2.49. The molecule has 0 aliphatic carbocycles. The van der Waals surface area contributed by atoms with Crippen molar-refractivity contribution in [1.29, 1.82) is 0 Å². The van der Waals surface area contributed by atoms with Gasteiger partial charge in [0.25, 0.3) is 0 Å². The topological polar surface area (TPSA) is 21.3 Å². The highest BCUT2D eigenvalue weighted by molar-refractivity contribution is 5.30. The van der Waals surface area contributed by atoms with E-state index in [1.54, 1.807) is 0 Å². The van der Waals surface area contributed by atoms with Gasteiger partial charge in [-0.15, -0.1) is 0 Å². The highest BCUT2D eigenvalue weighted by Crippen LogP contribution is 2.22. The molecule has 0 saturated heterocycles. The molecule has 0 fully saturated rings. The van der Waals surface area contributed by atoms with Crippen LogP contribution in [0.4, 0.5) is 0 Å². The fraction of sp³-hybridized carbons (Fsp3) is 0.571. The molecule has 1 N–H and O–H groups in total. The first-order valence-electron chi connectivity index (χ1n) is 6.17. The lowest BCUT2D eigenvalue weighted by Gasteiger charge is -2.18. The van der Waals surface area contributed by atoms with E-state index in [1.807, 2.05) is 19.9 Å². The minimum Gasteiger partial charge on any atom is -0.491 e. The standard InChI is InChI=1S/C14H23NO/c1-5-14(15-6-2)12-8-7-9-13(10-12)16-11(3)4/h7-11,14-15H,5-6H2,1-4H3. The van der Waals surface area contributed by atoms with Crippen LogP contribution in [0, 0.1) is 0 Å². The Morgan fingerprint density at radius 2 is 2.00 bits per heavy atom. The Morgan fingerprint density at radius 3 is 2.56 bits per heavy atom. The van der Waals surface area contributed by atoms with E-state index < -0.39 is 0 Å². The molecule has 1 aromatic rings. The zero-order chi connectivity index (χ0) is 12.0. The second-order valence-corrected chi connectivity index (χ2v) is 4.26. The monoisotopic (exact) mass is 221 g/mol. The van der Waals surface area contributed by atoms with E-state index in [4.69, 9.17) is 4.74 Å². The number of hydrogen-bond donors (Lipinski definition) is 1. The van der Waals surface area contributed by atoms with Crippen LogP contribution in [-0.2, 0) is 0 Å². The summed E-state index contributed by atoms with van der Waals surface area (Å²) in [4.78, 5) is 0. The number of benzene rings is 1. The largest absolute Gasteiger partial charge is 0.491 e. The molecule has 16 heavy (non-hydrogen) atoms. The lowest BCUT2D eigenvalue weighted by Crippen LogP contribution is -2.20. The van der Waals surface area contributed by atoms with Crippen molar-refractivity contribution in [3.63, 3.8) is 0 Å². The van der Waals surface area contributed by atoms with Gasteiger partial charge in [0, 0.05) is 6.04 Å². The Hall–Kier alpha value is -1.02. The first-order chi connectivity index (χ1) is 7.67. The molecule has 0 aromatic heterocycles. The summed E-state index contributed by atoms with van der Waals surface area (Å²) in [6, 6.07) is 8.80. The minimum absolute atomic E-state index is 0.231. The fourth-order valence-electron chi connectivity index (χ4n) is 1.82. The lowest BCUT2D eigenvalue weighted by molar-refractivity contribution is 0.242. The molecule has 0 radical (unpaired) electrons. The molecule has 1 aromatic carbocycles. The van der Waals surface area contributed by atoms with Crippen molar-refractivity contribution >= 4 is 0 Å². The minimum atomic E-state index is 0.231. The molecule has 0 saturated carbocycles. The van der Waals surface area contributed by atoms with Crippen LogP contribution in [0.2, 0.25) is 0 Å². The van der Waals surface area contributed by atoms with Crippen molar-refractivity contribution in [2.45, 2.75) is 46.3 Å². The predicted molar refractivity (Wildman–Crippen MR) is 68.9 cm³/mol. The second-order valence-electron chi connectivity index (χ2n) is 4.26. The van der Waals surface area contributed by atoms with Crippen LogP contribution >= 0.6 is 0 Å². The molecule has 0 aliphatic rings. The summed E-state index contributed by atoms with van der Waals surface area (Å²) < 4.78 is 5.70. The Morgan fingerprint density at radius 1 is 1.25 bits per heavy atom.